The SMILES string of the molecule is CC(=O)C(O)[C@](O)(C(C)=O)[C@@H](O)[C@@](O)(C(C)=O)[C@@](C)(O)C(C)(O)C(C)=O. The highest BCUT2D eigenvalue weighted by Gasteiger charge is 2.70. The maximum absolute atomic E-state index is 12.1. The van der Waals surface area contributed by atoms with Crippen LogP contribution in [-0.2, 0) is 19.2 Å². The third-order valence-corrected chi connectivity index (χ3v) is 5.09. The molecule has 0 rings (SSSR count). The molecule has 0 aliphatic carbocycles. The Morgan fingerprint density at radius 1 is 0.731 bits per heavy atom. The fourth-order valence-electron chi connectivity index (χ4n) is 2.68. The zero-order valence-electron chi connectivity index (χ0n) is 15.5. The molecule has 0 aliphatic heterocycles. The van der Waals surface area contributed by atoms with E-state index in [0.29, 0.717) is 20.8 Å². The van der Waals surface area contributed by atoms with E-state index in [4.69, 9.17) is 0 Å². The summed E-state index contributed by atoms with van der Waals surface area (Å²) in [4.78, 5) is 47.1. The molecule has 0 radical (unpaired) electrons. The zero-order valence-corrected chi connectivity index (χ0v) is 15.5. The molecular formula is C16H26O10. The van der Waals surface area contributed by atoms with Crippen molar-refractivity contribution in [2.24, 2.45) is 0 Å². The van der Waals surface area contributed by atoms with Gasteiger partial charge in [0.25, 0.3) is 0 Å². The summed E-state index contributed by atoms with van der Waals surface area (Å²) in [7, 11) is 0. The summed E-state index contributed by atoms with van der Waals surface area (Å²) in [6.07, 6.45) is -5.55. The van der Waals surface area contributed by atoms with E-state index in [0.717, 1.165) is 20.8 Å². The third-order valence-electron chi connectivity index (χ3n) is 5.09. The minimum absolute atomic E-state index is 0.625. The van der Waals surface area contributed by atoms with Crippen molar-refractivity contribution >= 4 is 23.1 Å². The van der Waals surface area contributed by atoms with Crippen LogP contribution in [0.25, 0.3) is 0 Å². The summed E-state index contributed by atoms with van der Waals surface area (Å²) >= 11 is 0. The Morgan fingerprint density at radius 3 is 1.35 bits per heavy atom. The maximum atomic E-state index is 12.1. The molecule has 6 N–H and O–H groups in total. The van der Waals surface area contributed by atoms with Gasteiger partial charge in [0, 0.05) is 0 Å². The van der Waals surface area contributed by atoms with Gasteiger partial charge in [0.05, 0.1) is 0 Å². The van der Waals surface area contributed by atoms with Gasteiger partial charge in [0.1, 0.15) is 11.7 Å². The lowest BCUT2D eigenvalue weighted by molar-refractivity contribution is -0.272. The summed E-state index contributed by atoms with van der Waals surface area (Å²) in [5, 5.41) is 62.6. The predicted octanol–water partition coefficient (Wildman–Crippen LogP) is -2.97. The number of carbonyl (C=O) groups excluding carboxylic acids is 4. The number of Topliss-reactive ketones (excluding diaryl/α,β-unsaturated/α-hetero) is 4. The highest BCUT2D eigenvalue weighted by atomic mass is 16.4. The van der Waals surface area contributed by atoms with E-state index in [1.54, 1.807) is 0 Å². The molecule has 0 aliphatic rings. The average molecular weight is 378 g/mol. The number of hydrogen-bond acceptors (Lipinski definition) is 10. The first-order valence-electron chi connectivity index (χ1n) is 7.63. The third kappa shape index (κ3) is 3.24. The molecule has 0 bridgehead atoms. The molecule has 0 aromatic carbocycles. The highest BCUT2D eigenvalue weighted by Crippen LogP contribution is 2.41. The molecule has 0 heterocycles. The number of aliphatic hydroxyl groups is 6. The van der Waals surface area contributed by atoms with Crippen LogP contribution in [-0.4, -0.2) is 88.4 Å². The number of ketones is 4. The quantitative estimate of drug-likeness (QED) is 0.241. The van der Waals surface area contributed by atoms with Gasteiger partial charge in [-0.15, -0.1) is 0 Å². The van der Waals surface area contributed by atoms with Crippen molar-refractivity contribution in [2.75, 3.05) is 0 Å². The van der Waals surface area contributed by atoms with E-state index in [-0.39, 0.29) is 0 Å². The molecule has 0 saturated heterocycles. The van der Waals surface area contributed by atoms with Crippen molar-refractivity contribution in [3.63, 3.8) is 0 Å². The lowest BCUT2D eigenvalue weighted by Crippen LogP contribution is -2.79. The van der Waals surface area contributed by atoms with Gasteiger partial charge in [-0.1, -0.05) is 0 Å². The molecule has 26 heavy (non-hydrogen) atoms. The highest BCUT2D eigenvalue weighted by molar-refractivity contribution is 5.98. The molecule has 2 unspecified atom stereocenters. The zero-order chi connectivity index (χ0) is 21.5. The van der Waals surface area contributed by atoms with Gasteiger partial charge in [-0.2, -0.15) is 0 Å². The van der Waals surface area contributed by atoms with Crippen molar-refractivity contribution in [1.82, 2.24) is 0 Å². The molecule has 0 aromatic rings. The van der Waals surface area contributed by atoms with Crippen LogP contribution in [0, 0.1) is 0 Å². The first-order chi connectivity index (χ1) is 11.3. The van der Waals surface area contributed by atoms with Crippen LogP contribution < -0.4 is 0 Å². The van der Waals surface area contributed by atoms with Crippen molar-refractivity contribution in [3.05, 3.63) is 0 Å². The molecule has 0 saturated carbocycles. The number of rotatable bonds is 9. The Morgan fingerprint density at radius 2 is 1.12 bits per heavy atom. The van der Waals surface area contributed by atoms with Crippen molar-refractivity contribution in [1.29, 1.82) is 0 Å². The monoisotopic (exact) mass is 378 g/mol. The van der Waals surface area contributed by atoms with E-state index < -0.39 is 57.7 Å². The van der Waals surface area contributed by atoms with Crippen LogP contribution >= 0.6 is 0 Å². The van der Waals surface area contributed by atoms with Crippen LogP contribution in [0.4, 0.5) is 0 Å². The molecule has 10 nitrogen and oxygen atoms in total. The Balaban J connectivity index is 6.82. The second kappa shape index (κ2) is 7.22. The smallest absolute Gasteiger partial charge is 0.184 e. The van der Waals surface area contributed by atoms with E-state index in [1.165, 1.54) is 0 Å². The first-order valence-corrected chi connectivity index (χ1v) is 7.63. The largest absolute Gasteiger partial charge is 0.386 e. The standard InChI is InChI=1S/C16H26O10/c1-7(17)11(21)15(25,9(3)19)12(22)16(26,10(4)20)14(6,24)13(5,23)8(2)18/h11-12,21-26H,1-6H3/t11?,12-,13?,14+,15-,16+/m1/s1. The van der Waals surface area contributed by atoms with Gasteiger partial charge in [-0.25, -0.2) is 0 Å². The topological polar surface area (TPSA) is 190 Å². The lowest BCUT2D eigenvalue weighted by Gasteiger charge is -2.51. The molecule has 0 aromatic heterocycles. The molecule has 0 amide bonds. The number of carbonyl (C=O) groups is 4. The van der Waals surface area contributed by atoms with Crippen molar-refractivity contribution in [3.8, 4) is 0 Å². The average Bonchev–Trinajstić information content (AvgIpc) is 2.50. The van der Waals surface area contributed by atoms with Crippen molar-refractivity contribution in [2.45, 2.75) is 76.2 Å². The Labute approximate surface area is 150 Å². The second-order valence-electron chi connectivity index (χ2n) is 6.82. The number of hydrogen-bond donors (Lipinski definition) is 6. The van der Waals surface area contributed by atoms with Gasteiger partial charge in [0.15, 0.2) is 46.0 Å². The van der Waals surface area contributed by atoms with Crippen molar-refractivity contribution < 1.29 is 49.8 Å². The predicted molar refractivity (Wildman–Crippen MR) is 85.9 cm³/mol. The maximum Gasteiger partial charge on any atom is 0.184 e. The Kier molecular flexibility index (Phi) is 6.78. The summed E-state index contributed by atoms with van der Waals surface area (Å²) in [5.74, 6) is -5.17. The molecule has 0 spiro atoms. The van der Waals surface area contributed by atoms with Crippen LogP contribution in [0.3, 0.4) is 0 Å². The molecule has 150 valence electrons. The lowest BCUT2D eigenvalue weighted by atomic mass is 9.62. The Bertz CT molecular complexity index is 623. The Hall–Kier alpha value is -1.56. The summed E-state index contributed by atoms with van der Waals surface area (Å²) in [5.41, 5.74) is -12.9. The van der Waals surface area contributed by atoms with Gasteiger partial charge in [-0.3, -0.25) is 19.2 Å². The molecule has 10 heteroatoms. The van der Waals surface area contributed by atoms with E-state index >= 15 is 0 Å². The van der Waals surface area contributed by atoms with E-state index in [1.807, 2.05) is 0 Å². The fraction of sp³-hybridized carbons (Fsp3) is 0.750. The van der Waals surface area contributed by atoms with Crippen LogP contribution in [0.5, 0.6) is 0 Å². The van der Waals surface area contributed by atoms with Crippen LogP contribution in [0.2, 0.25) is 0 Å². The van der Waals surface area contributed by atoms with Gasteiger partial charge < -0.3 is 30.6 Å². The van der Waals surface area contributed by atoms with Crippen LogP contribution in [0.1, 0.15) is 41.5 Å². The van der Waals surface area contributed by atoms with Gasteiger partial charge in [0.2, 0.25) is 0 Å². The second-order valence-corrected chi connectivity index (χ2v) is 6.82. The fourth-order valence-corrected chi connectivity index (χ4v) is 2.68. The normalized spacial score (nSPS) is 23.4. The van der Waals surface area contributed by atoms with Gasteiger partial charge in [-0.05, 0) is 41.5 Å². The molecule has 0 fully saturated rings. The van der Waals surface area contributed by atoms with Gasteiger partial charge >= 0.3 is 0 Å². The minimum atomic E-state index is -3.53. The molecule has 6 atom stereocenters. The number of aliphatic hydroxyl groups excluding tert-OH is 2. The summed E-state index contributed by atoms with van der Waals surface area (Å²) < 4.78 is 0. The summed E-state index contributed by atoms with van der Waals surface area (Å²) in [6.45, 7) is 4.26. The summed E-state index contributed by atoms with van der Waals surface area (Å²) in [6, 6.07) is 0. The van der Waals surface area contributed by atoms with Crippen LogP contribution in [0.15, 0.2) is 0 Å². The minimum Gasteiger partial charge on any atom is -0.386 e. The van der Waals surface area contributed by atoms with E-state index in [9.17, 15) is 49.8 Å². The molecular weight excluding hydrogens is 352 g/mol. The first kappa shape index (κ1) is 24.4. The van der Waals surface area contributed by atoms with E-state index in [2.05, 4.69) is 0 Å².